The third-order valence-electron chi connectivity index (χ3n) is 2.74. The Bertz CT molecular complexity index is 520. The van der Waals surface area contributed by atoms with Crippen LogP contribution < -0.4 is 4.90 Å². The van der Waals surface area contributed by atoms with Gasteiger partial charge < -0.3 is 4.90 Å². The first-order valence-corrected chi connectivity index (χ1v) is 5.39. The molecule has 2 nitrogen and oxygen atoms in total. The molecule has 0 atom stereocenters. The first-order chi connectivity index (χ1) is 7.83. The highest BCUT2D eigenvalue weighted by atomic mass is 15.1. The zero-order chi connectivity index (χ0) is 11.4. The molecule has 0 fully saturated rings. The molecule has 0 aliphatic rings. The molecule has 0 amide bonds. The predicted octanol–water partition coefficient (Wildman–Crippen LogP) is 3.19. The van der Waals surface area contributed by atoms with E-state index in [2.05, 4.69) is 41.3 Å². The van der Waals surface area contributed by atoms with Crippen LogP contribution in [-0.2, 0) is 0 Å². The molecule has 0 aliphatic heterocycles. The third kappa shape index (κ3) is 1.99. The van der Waals surface area contributed by atoms with Crippen LogP contribution in [0.25, 0.3) is 10.8 Å². The van der Waals surface area contributed by atoms with E-state index in [0.29, 0.717) is 6.42 Å². The lowest BCUT2D eigenvalue weighted by Gasteiger charge is -2.19. The van der Waals surface area contributed by atoms with Crippen molar-refractivity contribution in [1.82, 2.24) is 0 Å². The molecule has 0 heterocycles. The van der Waals surface area contributed by atoms with Gasteiger partial charge in [-0.3, -0.25) is 0 Å². The second kappa shape index (κ2) is 4.67. The van der Waals surface area contributed by atoms with Gasteiger partial charge in [0.1, 0.15) is 0 Å². The van der Waals surface area contributed by atoms with Gasteiger partial charge in [0.05, 0.1) is 12.5 Å². The smallest absolute Gasteiger partial charge is 0.0640 e. The van der Waals surface area contributed by atoms with E-state index in [4.69, 9.17) is 5.26 Å². The summed E-state index contributed by atoms with van der Waals surface area (Å²) in [5, 5.41) is 11.1. The third-order valence-corrected chi connectivity index (χ3v) is 2.74. The van der Waals surface area contributed by atoms with Crippen LogP contribution in [0.3, 0.4) is 0 Å². The van der Waals surface area contributed by atoms with Gasteiger partial charge in [0.15, 0.2) is 0 Å². The van der Waals surface area contributed by atoms with Gasteiger partial charge in [-0.15, -0.1) is 0 Å². The van der Waals surface area contributed by atoms with Crippen molar-refractivity contribution >= 4 is 16.5 Å². The molecule has 2 aromatic carbocycles. The lowest BCUT2D eigenvalue weighted by Crippen LogP contribution is -2.18. The number of benzene rings is 2. The largest absolute Gasteiger partial charge is 0.373 e. The van der Waals surface area contributed by atoms with Crippen LogP contribution in [0, 0.1) is 11.3 Å². The zero-order valence-electron chi connectivity index (χ0n) is 9.35. The van der Waals surface area contributed by atoms with Crippen molar-refractivity contribution in [2.75, 3.05) is 18.5 Å². The number of fused-ring (bicyclic) bond motifs is 1. The van der Waals surface area contributed by atoms with E-state index in [1.165, 1.54) is 16.5 Å². The van der Waals surface area contributed by atoms with Gasteiger partial charge in [0, 0.05) is 24.7 Å². The molecule has 0 aromatic heterocycles. The Hall–Kier alpha value is -2.01. The monoisotopic (exact) mass is 210 g/mol. The van der Waals surface area contributed by atoms with Crippen molar-refractivity contribution in [3.05, 3.63) is 42.5 Å². The quantitative estimate of drug-likeness (QED) is 0.778. The van der Waals surface area contributed by atoms with E-state index < -0.39 is 0 Å². The molecule has 80 valence electrons. The minimum absolute atomic E-state index is 0.555. The molecular weight excluding hydrogens is 196 g/mol. The van der Waals surface area contributed by atoms with Crippen LogP contribution in [0.15, 0.2) is 42.5 Å². The molecule has 2 heteroatoms. The van der Waals surface area contributed by atoms with Gasteiger partial charge in [0.2, 0.25) is 0 Å². The maximum absolute atomic E-state index is 8.60. The molecule has 2 rings (SSSR count). The Morgan fingerprint density at radius 3 is 2.69 bits per heavy atom. The second-order valence-corrected chi connectivity index (χ2v) is 3.83. The van der Waals surface area contributed by atoms with Crippen LogP contribution in [0.2, 0.25) is 0 Å². The van der Waals surface area contributed by atoms with E-state index in [9.17, 15) is 0 Å². The molecule has 0 bridgehead atoms. The highest BCUT2D eigenvalue weighted by Gasteiger charge is 2.04. The van der Waals surface area contributed by atoms with Crippen molar-refractivity contribution in [2.45, 2.75) is 6.42 Å². The molecule has 0 radical (unpaired) electrons. The van der Waals surface area contributed by atoms with Gasteiger partial charge in [-0.2, -0.15) is 5.26 Å². The number of nitriles is 1. The zero-order valence-corrected chi connectivity index (χ0v) is 9.35. The van der Waals surface area contributed by atoms with Crippen LogP contribution in [0.5, 0.6) is 0 Å². The molecule has 0 spiro atoms. The fourth-order valence-electron chi connectivity index (χ4n) is 1.88. The lowest BCUT2D eigenvalue weighted by molar-refractivity contribution is 0.909. The van der Waals surface area contributed by atoms with E-state index >= 15 is 0 Å². The molecule has 2 aromatic rings. The molecule has 0 unspecified atom stereocenters. The Morgan fingerprint density at radius 1 is 1.12 bits per heavy atom. The van der Waals surface area contributed by atoms with Crippen LogP contribution >= 0.6 is 0 Å². The number of hydrogen-bond acceptors (Lipinski definition) is 2. The Balaban J connectivity index is 2.40. The van der Waals surface area contributed by atoms with E-state index in [-0.39, 0.29) is 0 Å². The van der Waals surface area contributed by atoms with Crippen LogP contribution in [0.1, 0.15) is 6.42 Å². The Kier molecular flexibility index (Phi) is 3.07. The normalized spacial score (nSPS) is 10.0. The molecule has 0 saturated heterocycles. The molecular formula is C14H14N2. The number of anilines is 1. The minimum Gasteiger partial charge on any atom is -0.373 e. The van der Waals surface area contributed by atoms with Gasteiger partial charge in [-0.05, 0) is 11.5 Å². The van der Waals surface area contributed by atoms with E-state index in [1.807, 2.05) is 19.2 Å². The standard InChI is InChI=1S/C14H14N2/c1-16(11-5-10-15)14-9-4-7-12-6-2-3-8-13(12)14/h2-4,6-9H,5,11H2,1H3. The van der Waals surface area contributed by atoms with Crippen LogP contribution in [-0.4, -0.2) is 13.6 Å². The predicted molar refractivity (Wildman–Crippen MR) is 67.4 cm³/mol. The van der Waals surface area contributed by atoms with Crippen molar-refractivity contribution < 1.29 is 0 Å². The second-order valence-electron chi connectivity index (χ2n) is 3.83. The summed E-state index contributed by atoms with van der Waals surface area (Å²) < 4.78 is 0. The number of rotatable bonds is 3. The van der Waals surface area contributed by atoms with Gasteiger partial charge in [-0.1, -0.05) is 36.4 Å². The number of nitrogens with zero attached hydrogens (tertiary/aromatic N) is 2. The maximum atomic E-state index is 8.60. The number of hydrogen-bond donors (Lipinski definition) is 0. The fourth-order valence-corrected chi connectivity index (χ4v) is 1.88. The summed E-state index contributed by atoms with van der Waals surface area (Å²) in [7, 11) is 2.03. The Morgan fingerprint density at radius 2 is 1.88 bits per heavy atom. The average Bonchev–Trinajstić information content (AvgIpc) is 2.35. The van der Waals surface area contributed by atoms with Gasteiger partial charge >= 0.3 is 0 Å². The van der Waals surface area contributed by atoms with Crippen molar-refractivity contribution in [2.24, 2.45) is 0 Å². The highest BCUT2D eigenvalue weighted by Crippen LogP contribution is 2.25. The van der Waals surface area contributed by atoms with Crippen molar-refractivity contribution in [3.63, 3.8) is 0 Å². The van der Waals surface area contributed by atoms with E-state index in [0.717, 1.165) is 6.54 Å². The topological polar surface area (TPSA) is 27.0 Å². The highest BCUT2D eigenvalue weighted by molar-refractivity contribution is 5.94. The first-order valence-electron chi connectivity index (χ1n) is 5.39. The SMILES string of the molecule is CN(CCC#N)c1cccc2ccccc12. The van der Waals surface area contributed by atoms with Crippen LogP contribution in [0.4, 0.5) is 5.69 Å². The molecule has 0 saturated carbocycles. The summed E-state index contributed by atoms with van der Waals surface area (Å²) in [5.41, 5.74) is 1.19. The first kappa shape index (κ1) is 10.5. The summed E-state index contributed by atoms with van der Waals surface area (Å²) in [6.45, 7) is 0.768. The summed E-state index contributed by atoms with van der Waals surface area (Å²) in [6, 6.07) is 16.8. The summed E-state index contributed by atoms with van der Waals surface area (Å²) in [5.74, 6) is 0. The molecule has 0 aliphatic carbocycles. The summed E-state index contributed by atoms with van der Waals surface area (Å²) in [4.78, 5) is 2.13. The molecule has 16 heavy (non-hydrogen) atoms. The van der Waals surface area contributed by atoms with Gasteiger partial charge in [0.25, 0.3) is 0 Å². The minimum atomic E-state index is 0.555. The van der Waals surface area contributed by atoms with Crippen molar-refractivity contribution in [1.29, 1.82) is 5.26 Å². The molecule has 0 N–H and O–H groups in total. The lowest BCUT2D eigenvalue weighted by atomic mass is 10.1. The Labute approximate surface area is 95.7 Å². The van der Waals surface area contributed by atoms with E-state index in [1.54, 1.807) is 0 Å². The fraction of sp³-hybridized carbons (Fsp3) is 0.214. The maximum Gasteiger partial charge on any atom is 0.0640 e. The summed E-state index contributed by atoms with van der Waals surface area (Å²) in [6.07, 6.45) is 0.555. The van der Waals surface area contributed by atoms with Crippen molar-refractivity contribution in [3.8, 4) is 6.07 Å². The summed E-state index contributed by atoms with van der Waals surface area (Å²) >= 11 is 0. The van der Waals surface area contributed by atoms with Gasteiger partial charge in [-0.25, -0.2) is 0 Å². The average molecular weight is 210 g/mol.